The van der Waals surface area contributed by atoms with E-state index < -0.39 is 22.7 Å². The van der Waals surface area contributed by atoms with Gasteiger partial charge in [-0.3, -0.25) is 9.89 Å². The molecule has 0 aromatic heterocycles. The summed E-state index contributed by atoms with van der Waals surface area (Å²) in [5.41, 5.74) is 0.864. The number of guanidine groups is 1. The van der Waals surface area contributed by atoms with Gasteiger partial charge in [0.25, 0.3) is 0 Å². The molecule has 29 heavy (non-hydrogen) atoms. The number of aliphatic imine (C=N–C) groups is 1. The maximum atomic E-state index is 12.5. The van der Waals surface area contributed by atoms with Gasteiger partial charge in [0.1, 0.15) is 0 Å². The minimum Gasteiger partial charge on any atom is -0.352 e. The normalized spacial score (nSPS) is 21.4. The van der Waals surface area contributed by atoms with Gasteiger partial charge in [0.15, 0.2) is 5.96 Å². The minimum atomic E-state index is -4.19. The van der Waals surface area contributed by atoms with E-state index in [0.717, 1.165) is 18.4 Å². The average molecular weight is 434 g/mol. The standard InChI is InChI=1S/C18H26F3N5O2S/c1-22-17(24-15-8-9-26(11-15)12-18(19,20)21)23-10-13-2-6-16(7-3-13)29(27,28)25-14-4-5-14/h2-3,6-7,14-15,25H,4-5,8-12H2,1H3,(H2,22,23,24). The topological polar surface area (TPSA) is 85.8 Å². The van der Waals surface area contributed by atoms with Crippen LogP contribution in [-0.2, 0) is 16.6 Å². The molecule has 1 aromatic carbocycles. The van der Waals surface area contributed by atoms with E-state index in [2.05, 4.69) is 20.3 Å². The van der Waals surface area contributed by atoms with E-state index in [-0.39, 0.29) is 17.0 Å². The molecule has 0 spiro atoms. The highest BCUT2D eigenvalue weighted by atomic mass is 32.2. The molecule has 1 aliphatic carbocycles. The van der Waals surface area contributed by atoms with Crippen LogP contribution in [-0.4, -0.2) is 64.2 Å². The first kappa shape index (κ1) is 21.8. The zero-order chi connectivity index (χ0) is 21.1. The smallest absolute Gasteiger partial charge is 0.352 e. The monoisotopic (exact) mass is 433 g/mol. The van der Waals surface area contributed by atoms with E-state index in [4.69, 9.17) is 0 Å². The minimum absolute atomic E-state index is 0.0541. The lowest BCUT2D eigenvalue weighted by Crippen LogP contribution is -2.44. The number of halogens is 3. The molecular weight excluding hydrogens is 407 g/mol. The molecule has 0 amide bonds. The average Bonchev–Trinajstić information content (AvgIpc) is 3.34. The highest BCUT2D eigenvalue weighted by molar-refractivity contribution is 7.89. The van der Waals surface area contributed by atoms with Crippen LogP contribution >= 0.6 is 0 Å². The zero-order valence-electron chi connectivity index (χ0n) is 16.2. The molecule has 1 unspecified atom stereocenters. The van der Waals surface area contributed by atoms with Crippen LogP contribution in [0, 0.1) is 0 Å². The molecule has 1 saturated heterocycles. The van der Waals surface area contributed by atoms with Gasteiger partial charge >= 0.3 is 6.18 Å². The first-order chi connectivity index (χ1) is 13.6. The summed E-state index contributed by atoms with van der Waals surface area (Å²) < 4.78 is 64.5. The summed E-state index contributed by atoms with van der Waals surface area (Å²) in [7, 11) is -1.88. The molecule has 1 atom stereocenters. The second-order valence-electron chi connectivity index (χ2n) is 7.45. The van der Waals surface area contributed by atoms with Gasteiger partial charge in [0, 0.05) is 38.8 Å². The van der Waals surface area contributed by atoms with E-state index >= 15 is 0 Å². The molecule has 1 saturated carbocycles. The van der Waals surface area contributed by atoms with Gasteiger partial charge in [-0.15, -0.1) is 0 Å². The number of benzene rings is 1. The first-order valence-electron chi connectivity index (χ1n) is 9.52. The number of alkyl halides is 3. The Balaban J connectivity index is 1.47. The number of likely N-dealkylation sites (tertiary alicyclic amines) is 1. The van der Waals surface area contributed by atoms with Gasteiger partial charge in [-0.2, -0.15) is 13.2 Å². The van der Waals surface area contributed by atoms with E-state index in [9.17, 15) is 21.6 Å². The highest BCUT2D eigenvalue weighted by Gasteiger charge is 2.34. The Labute approximate surface area is 168 Å². The molecule has 1 aromatic rings. The van der Waals surface area contributed by atoms with Crippen LogP contribution in [0.15, 0.2) is 34.2 Å². The van der Waals surface area contributed by atoms with Gasteiger partial charge < -0.3 is 10.6 Å². The number of hydrogen-bond donors (Lipinski definition) is 3. The number of rotatable bonds is 7. The second-order valence-corrected chi connectivity index (χ2v) is 9.16. The predicted octanol–water partition coefficient (Wildman–Crippen LogP) is 1.43. The summed E-state index contributed by atoms with van der Waals surface area (Å²) in [6.45, 7) is 0.205. The van der Waals surface area contributed by atoms with E-state index in [1.165, 1.54) is 4.90 Å². The Kier molecular flexibility index (Phi) is 6.69. The summed E-state index contributed by atoms with van der Waals surface area (Å²) in [4.78, 5) is 5.71. The van der Waals surface area contributed by atoms with Gasteiger partial charge in [0.05, 0.1) is 11.4 Å². The van der Waals surface area contributed by atoms with Crippen molar-refractivity contribution in [1.82, 2.24) is 20.3 Å². The van der Waals surface area contributed by atoms with Gasteiger partial charge in [-0.25, -0.2) is 13.1 Å². The molecule has 2 aliphatic rings. The van der Waals surface area contributed by atoms with Gasteiger partial charge in [-0.05, 0) is 37.0 Å². The zero-order valence-corrected chi connectivity index (χ0v) is 17.0. The van der Waals surface area contributed by atoms with Crippen molar-refractivity contribution in [2.24, 2.45) is 4.99 Å². The molecule has 7 nitrogen and oxygen atoms in total. The van der Waals surface area contributed by atoms with E-state index in [0.29, 0.717) is 32.0 Å². The summed E-state index contributed by atoms with van der Waals surface area (Å²) in [6, 6.07) is 6.52. The largest absolute Gasteiger partial charge is 0.401 e. The van der Waals surface area contributed by atoms with Crippen LogP contribution in [0.25, 0.3) is 0 Å². The van der Waals surface area contributed by atoms with Crippen molar-refractivity contribution in [3.8, 4) is 0 Å². The van der Waals surface area contributed by atoms with Crippen molar-refractivity contribution in [2.75, 3.05) is 26.7 Å². The lowest BCUT2D eigenvalue weighted by atomic mass is 10.2. The number of nitrogens with one attached hydrogen (secondary N) is 3. The first-order valence-corrected chi connectivity index (χ1v) is 11.0. The van der Waals surface area contributed by atoms with Crippen molar-refractivity contribution in [3.63, 3.8) is 0 Å². The fourth-order valence-corrected chi connectivity index (χ4v) is 4.50. The van der Waals surface area contributed by atoms with Crippen molar-refractivity contribution in [2.45, 2.75) is 49.0 Å². The SMILES string of the molecule is CN=C(NCc1ccc(S(=O)(=O)NC2CC2)cc1)NC1CCN(CC(F)(F)F)C1. The fraction of sp³-hybridized carbons (Fsp3) is 0.611. The van der Waals surface area contributed by atoms with Gasteiger partial charge in [-0.1, -0.05) is 12.1 Å². The Hall–Kier alpha value is -1.85. The number of nitrogens with zero attached hydrogens (tertiary/aromatic N) is 2. The maximum Gasteiger partial charge on any atom is 0.401 e. The Morgan fingerprint density at radius 3 is 2.45 bits per heavy atom. The van der Waals surface area contributed by atoms with Crippen molar-refractivity contribution in [1.29, 1.82) is 0 Å². The van der Waals surface area contributed by atoms with Crippen LogP contribution in [0.1, 0.15) is 24.8 Å². The fourth-order valence-electron chi connectivity index (χ4n) is 3.20. The predicted molar refractivity (Wildman–Crippen MR) is 104 cm³/mol. The maximum absolute atomic E-state index is 12.5. The molecule has 2 fully saturated rings. The molecule has 3 N–H and O–H groups in total. The number of hydrogen-bond acceptors (Lipinski definition) is 4. The molecule has 0 radical (unpaired) electrons. The second kappa shape index (κ2) is 8.88. The summed E-state index contributed by atoms with van der Waals surface area (Å²) in [5.74, 6) is 0.496. The van der Waals surface area contributed by atoms with Crippen LogP contribution in [0.5, 0.6) is 0 Å². The van der Waals surface area contributed by atoms with Crippen LogP contribution in [0.3, 0.4) is 0 Å². The number of sulfonamides is 1. The third-order valence-corrected chi connectivity index (χ3v) is 6.37. The van der Waals surface area contributed by atoms with E-state index in [1.54, 1.807) is 31.3 Å². The molecule has 0 bridgehead atoms. The molecule has 1 heterocycles. The van der Waals surface area contributed by atoms with Gasteiger partial charge in [0.2, 0.25) is 10.0 Å². The highest BCUT2D eigenvalue weighted by Crippen LogP contribution is 2.22. The quantitative estimate of drug-likeness (QED) is 0.448. The molecular formula is C18H26F3N5O2S. The van der Waals surface area contributed by atoms with E-state index in [1.807, 2.05) is 0 Å². The Morgan fingerprint density at radius 1 is 1.17 bits per heavy atom. The molecule has 3 rings (SSSR count). The van der Waals surface area contributed by atoms with Crippen molar-refractivity contribution < 1.29 is 21.6 Å². The Bertz CT molecular complexity index is 823. The molecule has 162 valence electrons. The summed E-state index contributed by atoms with van der Waals surface area (Å²) in [5, 5.41) is 6.25. The lowest BCUT2D eigenvalue weighted by molar-refractivity contribution is -0.143. The lowest BCUT2D eigenvalue weighted by Gasteiger charge is -2.20. The van der Waals surface area contributed by atoms with Crippen LogP contribution in [0.4, 0.5) is 13.2 Å². The third kappa shape index (κ3) is 6.86. The van der Waals surface area contributed by atoms with Crippen molar-refractivity contribution in [3.05, 3.63) is 29.8 Å². The third-order valence-electron chi connectivity index (χ3n) is 4.83. The summed E-state index contributed by atoms with van der Waals surface area (Å²) >= 11 is 0. The van der Waals surface area contributed by atoms with Crippen LogP contribution < -0.4 is 15.4 Å². The molecule has 11 heteroatoms. The molecule has 1 aliphatic heterocycles. The Morgan fingerprint density at radius 2 is 1.86 bits per heavy atom. The van der Waals surface area contributed by atoms with Crippen LogP contribution in [0.2, 0.25) is 0 Å². The van der Waals surface area contributed by atoms with Crippen molar-refractivity contribution >= 4 is 16.0 Å². The summed E-state index contributed by atoms with van der Waals surface area (Å²) in [6.07, 6.45) is -1.83.